The molecule has 3 rings (SSSR count). The number of para-hydroxylation sites is 1. The second-order valence-electron chi connectivity index (χ2n) is 5.46. The van der Waals surface area contributed by atoms with E-state index in [1.165, 1.54) is 0 Å². The molecule has 0 aliphatic rings. The molecule has 3 aromatic rings. The first-order valence-electron chi connectivity index (χ1n) is 7.57. The van der Waals surface area contributed by atoms with Crippen LogP contribution in [0.3, 0.4) is 0 Å². The average molecular weight is 411 g/mol. The van der Waals surface area contributed by atoms with Crippen LogP contribution in [0, 0.1) is 0 Å². The summed E-state index contributed by atoms with van der Waals surface area (Å²) >= 11 is 2.67. The first kappa shape index (κ1) is 17.5. The van der Waals surface area contributed by atoms with Gasteiger partial charge in [-0.05, 0) is 47.1 Å². The molecule has 7 heteroatoms. The number of benzene rings is 2. The third kappa shape index (κ3) is 3.28. The lowest BCUT2D eigenvalue weighted by Gasteiger charge is -2.06. The lowest BCUT2D eigenvalue weighted by atomic mass is 10.1. The van der Waals surface area contributed by atoms with E-state index in [1.807, 2.05) is 36.4 Å². The molecule has 0 spiro atoms. The van der Waals surface area contributed by atoms with E-state index in [9.17, 15) is 18.0 Å². The number of aryl methyl sites for hydroxylation is 1. The number of aromatic nitrogens is 1. The first-order valence-corrected chi connectivity index (χ1v) is 8.37. The molecule has 0 saturated carbocycles. The molecule has 130 valence electrons. The second kappa shape index (κ2) is 6.55. The molecule has 0 saturated heterocycles. The van der Waals surface area contributed by atoms with Gasteiger partial charge in [-0.3, -0.25) is 4.79 Å². The number of rotatable bonds is 4. The number of ketones is 1. The molecule has 1 aromatic heterocycles. The smallest absolute Gasteiger partial charge is 0.360 e. The molecule has 25 heavy (non-hydrogen) atoms. The number of hydrogen-bond acceptors (Lipinski definition) is 2. The van der Waals surface area contributed by atoms with Crippen molar-refractivity contribution >= 4 is 49.2 Å². The minimum Gasteiger partial charge on any atom is -0.360 e. The highest BCUT2D eigenvalue weighted by Gasteiger charge is 2.39. The van der Waals surface area contributed by atoms with Gasteiger partial charge in [-0.15, -0.1) is 0 Å². The summed E-state index contributed by atoms with van der Waals surface area (Å²) in [6, 6.07) is 13.5. The number of alkyl halides is 3. The number of carbonyl (C=O) groups is 1. The Hall–Kier alpha value is -2.28. The van der Waals surface area contributed by atoms with Crippen LogP contribution in [0.25, 0.3) is 21.8 Å². The number of allylic oxidation sites excluding steroid dienone is 1. The molecule has 0 unspecified atom stereocenters. The number of carbonyl (C=O) groups excluding carboxylic acids is 1. The summed E-state index contributed by atoms with van der Waals surface area (Å²) in [6.07, 6.45) is -3.90. The maximum Gasteiger partial charge on any atom is 0.455 e. The maximum absolute atomic E-state index is 12.4. The van der Waals surface area contributed by atoms with Crippen molar-refractivity contribution < 1.29 is 18.0 Å². The molecule has 0 radical (unpaired) electrons. The Bertz CT molecular complexity index is 989. The molecule has 0 bridgehead atoms. The fourth-order valence-electron chi connectivity index (χ4n) is 2.83. The van der Waals surface area contributed by atoms with E-state index >= 15 is 0 Å². The van der Waals surface area contributed by atoms with Crippen LogP contribution in [0.5, 0.6) is 0 Å². The van der Waals surface area contributed by atoms with Crippen LogP contribution in [0.2, 0.25) is 0 Å². The summed E-state index contributed by atoms with van der Waals surface area (Å²) in [6.45, 7) is 2.86. The molecule has 3 nitrogen and oxygen atoms in total. The number of anilines is 1. The summed E-state index contributed by atoms with van der Waals surface area (Å²) in [5.41, 5.74) is 2.74. The highest BCUT2D eigenvalue weighted by molar-refractivity contribution is 9.12. The van der Waals surface area contributed by atoms with Crippen molar-refractivity contribution in [3.63, 3.8) is 0 Å². The van der Waals surface area contributed by atoms with E-state index in [1.54, 1.807) is 6.07 Å². The number of hydrogen-bond donors (Lipinski definition) is 1. The Balaban J connectivity index is 2.00. The van der Waals surface area contributed by atoms with Crippen molar-refractivity contribution in [2.45, 2.75) is 19.6 Å². The molecular formula is C18H14BrF3N2O. The van der Waals surface area contributed by atoms with Gasteiger partial charge < -0.3 is 9.88 Å². The Morgan fingerprint density at radius 3 is 2.52 bits per heavy atom. The summed E-state index contributed by atoms with van der Waals surface area (Å²) in [5, 5.41) is 4.80. The van der Waals surface area contributed by atoms with Gasteiger partial charge in [0.2, 0.25) is 0 Å². The minimum atomic E-state index is -4.91. The predicted molar refractivity (Wildman–Crippen MR) is 96.8 cm³/mol. The van der Waals surface area contributed by atoms with Crippen LogP contribution in [0.4, 0.5) is 18.9 Å². The predicted octanol–water partition coefficient (Wildman–Crippen LogP) is 5.59. The Labute approximate surface area is 150 Å². The number of fused-ring (bicyclic) bond motifs is 3. The zero-order chi connectivity index (χ0) is 18.2. The van der Waals surface area contributed by atoms with E-state index in [2.05, 4.69) is 32.7 Å². The lowest BCUT2D eigenvalue weighted by Crippen LogP contribution is -2.22. The normalized spacial score (nSPS) is 12.8. The van der Waals surface area contributed by atoms with Gasteiger partial charge in [0.15, 0.2) is 0 Å². The third-order valence-corrected chi connectivity index (χ3v) is 4.52. The second-order valence-corrected chi connectivity index (χ2v) is 6.31. The first-order chi connectivity index (χ1) is 11.8. The molecular weight excluding hydrogens is 397 g/mol. The van der Waals surface area contributed by atoms with E-state index in [-0.39, 0.29) is 0 Å². The fraction of sp³-hybridized carbons (Fsp3) is 0.167. The van der Waals surface area contributed by atoms with Gasteiger partial charge in [-0.25, -0.2) is 0 Å². The maximum atomic E-state index is 12.4. The van der Waals surface area contributed by atoms with E-state index in [0.29, 0.717) is 5.69 Å². The van der Waals surface area contributed by atoms with Gasteiger partial charge in [-0.1, -0.05) is 18.2 Å². The monoisotopic (exact) mass is 410 g/mol. The number of Topliss-reactive ketones (excluding diaryl/α,β-unsaturated/α-hetero) is 1. The summed E-state index contributed by atoms with van der Waals surface area (Å²) in [7, 11) is 0. The van der Waals surface area contributed by atoms with Gasteiger partial charge in [0.1, 0.15) is 0 Å². The zero-order valence-electron chi connectivity index (χ0n) is 13.2. The minimum absolute atomic E-state index is 0.573. The van der Waals surface area contributed by atoms with Gasteiger partial charge in [0.05, 0.1) is 4.48 Å². The zero-order valence-corrected chi connectivity index (χ0v) is 14.8. The number of nitrogens with one attached hydrogen (secondary N) is 1. The highest BCUT2D eigenvalue weighted by Crippen LogP contribution is 2.31. The third-order valence-electron chi connectivity index (χ3n) is 3.93. The molecule has 0 fully saturated rings. The van der Waals surface area contributed by atoms with Crippen molar-refractivity contribution in [1.82, 2.24) is 4.57 Å². The molecule has 0 aliphatic heterocycles. The van der Waals surface area contributed by atoms with Crippen molar-refractivity contribution in [2.75, 3.05) is 5.32 Å². The van der Waals surface area contributed by atoms with Gasteiger partial charge >= 0.3 is 6.18 Å². The molecule has 0 amide bonds. The Morgan fingerprint density at radius 1 is 1.16 bits per heavy atom. The highest BCUT2D eigenvalue weighted by atomic mass is 79.9. The Kier molecular flexibility index (Phi) is 4.60. The van der Waals surface area contributed by atoms with Crippen LogP contribution in [0.1, 0.15) is 6.92 Å². The van der Waals surface area contributed by atoms with Crippen molar-refractivity contribution in [3.05, 3.63) is 53.1 Å². The SMILES string of the molecule is CCn1c2ccccc2c2cc(N/C=C(\Br)C(=O)C(F)(F)F)ccc21. The van der Waals surface area contributed by atoms with Crippen LogP contribution in [-0.2, 0) is 11.3 Å². The number of halogens is 4. The van der Waals surface area contributed by atoms with E-state index in [4.69, 9.17) is 0 Å². The molecule has 2 aromatic carbocycles. The Morgan fingerprint density at radius 2 is 1.84 bits per heavy atom. The van der Waals surface area contributed by atoms with Crippen LogP contribution >= 0.6 is 15.9 Å². The standard InChI is InChI=1S/C18H14BrF3N2O/c1-2-24-15-6-4-3-5-12(15)13-9-11(7-8-16(13)24)23-10-14(19)17(25)18(20,21)22/h3-10,23H,2H2,1H3/b14-10-. The van der Waals surface area contributed by atoms with E-state index in [0.717, 1.165) is 34.6 Å². The summed E-state index contributed by atoms with van der Waals surface area (Å²) < 4.78 is 38.8. The summed E-state index contributed by atoms with van der Waals surface area (Å²) in [4.78, 5) is 11.1. The van der Waals surface area contributed by atoms with Crippen molar-refractivity contribution in [1.29, 1.82) is 0 Å². The fourth-order valence-corrected chi connectivity index (χ4v) is 3.17. The largest absolute Gasteiger partial charge is 0.455 e. The molecule has 1 heterocycles. The van der Waals surface area contributed by atoms with Crippen LogP contribution in [-0.4, -0.2) is 16.5 Å². The molecule has 1 N–H and O–H groups in total. The topological polar surface area (TPSA) is 34.0 Å². The van der Waals surface area contributed by atoms with Gasteiger partial charge in [-0.2, -0.15) is 13.2 Å². The molecule has 0 atom stereocenters. The quantitative estimate of drug-likeness (QED) is 0.568. The van der Waals surface area contributed by atoms with Crippen molar-refractivity contribution in [3.8, 4) is 0 Å². The summed E-state index contributed by atoms with van der Waals surface area (Å²) in [5.74, 6) is -1.93. The van der Waals surface area contributed by atoms with E-state index < -0.39 is 16.4 Å². The van der Waals surface area contributed by atoms with Crippen LogP contribution < -0.4 is 5.32 Å². The lowest BCUT2D eigenvalue weighted by molar-refractivity contribution is -0.165. The van der Waals surface area contributed by atoms with Gasteiger partial charge in [0, 0.05) is 40.2 Å². The number of nitrogens with zero attached hydrogens (tertiary/aromatic N) is 1. The average Bonchev–Trinajstić information content (AvgIpc) is 2.91. The van der Waals surface area contributed by atoms with Gasteiger partial charge in [0.25, 0.3) is 5.78 Å². The molecule has 0 aliphatic carbocycles. The van der Waals surface area contributed by atoms with Crippen molar-refractivity contribution in [2.24, 2.45) is 0 Å². The van der Waals surface area contributed by atoms with Crippen LogP contribution in [0.15, 0.2) is 53.1 Å².